The van der Waals surface area contributed by atoms with Crippen LogP contribution in [0.2, 0.25) is 0 Å². The fourth-order valence-electron chi connectivity index (χ4n) is 2.80. The SMILES string of the molecule is CCCCCCCCCCCC(C)NC(=O)CCN(C)CCN. The summed E-state index contributed by atoms with van der Waals surface area (Å²) in [6.45, 7) is 6.66. The highest BCUT2D eigenvalue weighted by Crippen LogP contribution is 2.11. The molecule has 0 aliphatic rings. The zero-order valence-electron chi connectivity index (χ0n) is 15.9. The number of nitrogens with two attached hydrogens (primary N) is 1. The second kappa shape index (κ2) is 16.3. The van der Waals surface area contributed by atoms with Crippen molar-refractivity contribution in [3.8, 4) is 0 Å². The van der Waals surface area contributed by atoms with E-state index in [9.17, 15) is 4.79 Å². The van der Waals surface area contributed by atoms with Crippen LogP contribution in [0.3, 0.4) is 0 Å². The molecule has 0 rings (SSSR count). The first-order chi connectivity index (χ1) is 11.1. The van der Waals surface area contributed by atoms with Gasteiger partial charge in [0.15, 0.2) is 0 Å². The van der Waals surface area contributed by atoms with Crippen LogP contribution in [0, 0.1) is 0 Å². The summed E-state index contributed by atoms with van der Waals surface area (Å²) in [4.78, 5) is 14.0. The van der Waals surface area contributed by atoms with E-state index >= 15 is 0 Å². The monoisotopic (exact) mass is 327 g/mol. The largest absolute Gasteiger partial charge is 0.354 e. The number of amides is 1. The predicted molar refractivity (Wildman–Crippen MR) is 101 cm³/mol. The number of rotatable bonds is 16. The Kier molecular flexibility index (Phi) is 15.8. The molecule has 1 atom stereocenters. The Labute approximate surface area is 144 Å². The van der Waals surface area contributed by atoms with Crippen LogP contribution >= 0.6 is 0 Å². The molecule has 0 saturated heterocycles. The van der Waals surface area contributed by atoms with Crippen LogP contribution in [0.4, 0.5) is 0 Å². The van der Waals surface area contributed by atoms with Gasteiger partial charge in [-0.2, -0.15) is 0 Å². The van der Waals surface area contributed by atoms with Gasteiger partial charge in [-0.15, -0.1) is 0 Å². The quantitative estimate of drug-likeness (QED) is 0.425. The maximum Gasteiger partial charge on any atom is 0.221 e. The number of hydrogen-bond donors (Lipinski definition) is 2. The molecule has 0 aromatic heterocycles. The van der Waals surface area contributed by atoms with Gasteiger partial charge in [0.05, 0.1) is 0 Å². The van der Waals surface area contributed by atoms with Crippen LogP contribution in [0.15, 0.2) is 0 Å². The number of carbonyl (C=O) groups is 1. The third-order valence-corrected chi connectivity index (χ3v) is 4.38. The Morgan fingerprint density at radius 2 is 1.57 bits per heavy atom. The third kappa shape index (κ3) is 16.0. The molecule has 0 aromatic rings. The zero-order valence-corrected chi connectivity index (χ0v) is 15.9. The first kappa shape index (κ1) is 22.4. The predicted octanol–water partition coefficient (Wildman–Crippen LogP) is 3.69. The van der Waals surface area contributed by atoms with Gasteiger partial charge in [0.25, 0.3) is 0 Å². The van der Waals surface area contributed by atoms with Crippen molar-refractivity contribution in [3.05, 3.63) is 0 Å². The summed E-state index contributed by atoms with van der Waals surface area (Å²) in [6, 6.07) is 0.298. The molecule has 0 heterocycles. The van der Waals surface area contributed by atoms with Crippen molar-refractivity contribution in [1.82, 2.24) is 10.2 Å². The fourth-order valence-corrected chi connectivity index (χ4v) is 2.80. The molecule has 4 heteroatoms. The van der Waals surface area contributed by atoms with E-state index < -0.39 is 0 Å². The number of hydrogen-bond acceptors (Lipinski definition) is 3. The fraction of sp³-hybridized carbons (Fsp3) is 0.947. The molecule has 0 fully saturated rings. The molecule has 138 valence electrons. The van der Waals surface area contributed by atoms with E-state index in [1.165, 1.54) is 57.8 Å². The minimum atomic E-state index is 0.164. The lowest BCUT2D eigenvalue weighted by molar-refractivity contribution is -0.122. The van der Waals surface area contributed by atoms with E-state index in [-0.39, 0.29) is 5.91 Å². The average molecular weight is 328 g/mol. The van der Waals surface area contributed by atoms with E-state index in [0.29, 0.717) is 19.0 Å². The Hall–Kier alpha value is -0.610. The number of nitrogens with zero attached hydrogens (tertiary/aromatic N) is 1. The van der Waals surface area contributed by atoms with Crippen molar-refractivity contribution in [2.24, 2.45) is 5.73 Å². The Bertz CT molecular complexity index is 271. The lowest BCUT2D eigenvalue weighted by Crippen LogP contribution is -2.35. The van der Waals surface area contributed by atoms with Crippen LogP contribution in [-0.2, 0) is 4.79 Å². The molecule has 4 nitrogen and oxygen atoms in total. The van der Waals surface area contributed by atoms with Crippen molar-refractivity contribution >= 4 is 5.91 Å². The van der Waals surface area contributed by atoms with E-state index in [1.807, 2.05) is 7.05 Å². The van der Waals surface area contributed by atoms with Crippen LogP contribution in [0.1, 0.15) is 84.5 Å². The van der Waals surface area contributed by atoms with Crippen LogP contribution in [0.25, 0.3) is 0 Å². The second-order valence-corrected chi connectivity index (χ2v) is 6.93. The minimum absolute atomic E-state index is 0.164. The van der Waals surface area contributed by atoms with Crippen molar-refractivity contribution in [1.29, 1.82) is 0 Å². The van der Waals surface area contributed by atoms with Gasteiger partial charge >= 0.3 is 0 Å². The van der Waals surface area contributed by atoms with Gasteiger partial charge in [0.1, 0.15) is 0 Å². The molecular formula is C19H41N3O. The van der Waals surface area contributed by atoms with E-state index in [2.05, 4.69) is 24.1 Å². The van der Waals surface area contributed by atoms with Crippen LogP contribution in [-0.4, -0.2) is 43.5 Å². The molecule has 0 radical (unpaired) electrons. The molecule has 23 heavy (non-hydrogen) atoms. The summed E-state index contributed by atoms with van der Waals surface area (Å²) in [7, 11) is 2.01. The smallest absolute Gasteiger partial charge is 0.221 e. The van der Waals surface area contributed by atoms with Gasteiger partial charge in [0.2, 0.25) is 5.91 Å². The highest BCUT2D eigenvalue weighted by molar-refractivity contribution is 5.76. The number of unbranched alkanes of at least 4 members (excludes halogenated alkanes) is 8. The molecule has 0 aliphatic carbocycles. The van der Waals surface area contributed by atoms with Crippen LogP contribution < -0.4 is 11.1 Å². The maximum atomic E-state index is 11.9. The summed E-state index contributed by atoms with van der Waals surface area (Å²) in [6.07, 6.45) is 13.8. The summed E-state index contributed by atoms with van der Waals surface area (Å²) in [5, 5.41) is 3.11. The lowest BCUT2D eigenvalue weighted by atomic mass is 10.0. The normalized spacial score (nSPS) is 12.6. The van der Waals surface area contributed by atoms with Crippen LogP contribution in [0.5, 0.6) is 0 Å². The summed E-state index contributed by atoms with van der Waals surface area (Å²) >= 11 is 0. The summed E-state index contributed by atoms with van der Waals surface area (Å²) < 4.78 is 0. The third-order valence-electron chi connectivity index (χ3n) is 4.38. The van der Waals surface area contributed by atoms with Gasteiger partial charge in [-0.25, -0.2) is 0 Å². The van der Waals surface area contributed by atoms with Gasteiger partial charge in [0, 0.05) is 32.1 Å². The van der Waals surface area contributed by atoms with E-state index in [1.54, 1.807) is 0 Å². The molecule has 0 aromatic carbocycles. The first-order valence-electron chi connectivity index (χ1n) is 9.78. The molecule has 3 N–H and O–H groups in total. The molecule has 0 spiro atoms. The molecule has 1 unspecified atom stereocenters. The molecule has 1 amide bonds. The van der Waals surface area contributed by atoms with Gasteiger partial charge in [-0.3, -0.25) is 4.79 Å². The number of carbonyl (C=O) groups excluding carboxylic acids is 1. The first-order valence-corrected chi connectivity index (χ1v) is 9.78. The van der Waals surface area contributed by atoms with Gasteiger partial charge in [-0.1, -0.05) is 64.7 Å². The van der Waals surface area contributed by atoms with Crippen molar-refractivity contribution in [2.45, 2.75) is 90.5 Å². The number of nitrogens with one attached hydrogen (secondary N) is 1. The van der Waals surface area contributed by atoms with Crippen molar-refractivity contribution in [2.75, 3.05) is 26.7 Å². The van der Waals surface area contributed by atoms with Gasteiger partial charge in [-0.05, 0) is 20.4 Å². The summed E-state index contributed by atoms with van der Waals surface area (Å²) in [5.41, 5.74) is 5.49. The minimum Gasteiger partial charge on any atom is -0.354 e. The highest BCUT2D eigenvalue weighted by atomic mass is 16.1. The maximum absolute atomic E-state index is 11.9. The molecule has 0 saturated carbocycles. The Morgan fingerprint density at radius 1 is 1.00 bits per heavy atom. The van der Waals surface area contributed by atoms with Crippen molar-refractivity contribution in [3.63, 3.8) is 0 Å². The van der Waals surface area contributed by atoms with E-state index in [0.717, 1.165) is 19.5 Å². The Morgan fingerprint density at radius 3 is 2.13 bits per heavy atom. The standard InChI is InChI=1S/C19H41N3O/c1-4-5-6-7-8-9-10-11-12-13-18(2)21-19(23)14-16-22(3)17-15-20/h18H,4-17,20H2,1-3H3,(H,21,23). The van der Waals surface area contributed by atoms with E-state index in [4.69, 9.17) is 5.73 Å². The molecular weight excluding hydrogens is 286 g/mol. The average Bonchev–Trinajstić information content (AvgIpc) is 2.51. The lowest BCUT2D eigenvalue weighted by Gasteiger charge is -2.17. The number of likely N-dealkylation sites (N-methyl/N-ethyl adjacent to an activating group) is 1. The molecule has 0 bridgehead atoms. The topological polar surface area (TPSA) is 58.4 Å². The molecule has 0 aliphatic heterocycles. The van der Waals surface area contributed by atoms with Crippen molar-refractivity contribution < 1.29 is 4.79 Å². The summed E-state index contributed by atoms with van der Waals surface area (Å²) in [5.74, 6) is 0.164. The van der Waals surface area contributed by atoms with Gasteiger partial charge < -0.3 is 16.0 Å². The second-order valence-electron chi connectivity index (χ2n) is 6.93. The Balaban J connectivity index is 3.42. The highest BCUT2D eigenvalue weighted by Gasteiger charge is 2.08. The zero-order chi connectivity index (χ0) is 17.3.